The summed E-state index contributed by atoms with van der Waals surface area (Å²) in [6.07, 6.45) is 0. The van der Waals surface area contributed by atoms with E-state index >= 15 is 0 Å². The standard InChI is InChI=1S/C15H14BNO5/c1-22-15(19)11-4-8-13(9-5-11)17-14(18)10-2-6-12(7-3-10)16(20)21/h2-9,20-21H,1H3,(H,17,18). The van der Waals surface area contributed by atoms with Crippen LogP contribution in [0.4, 0.5) is 5.69 Å². The summed E-state index contributed by atoms with van der Waals surface area (Å²) < 4.78 is 4.59. The van der Waals surface area contributed by atoms with Crippen molar-refractivity contribution < 1.29 is 24.4 Å². The van der Waals surface area contributed by atoms with Crippen molar-refractivity contribution in [2.24, 2.45) is 0 Å². The van der Waals surface area contributed by atoms with E-state index < -0.39 is 13.1 Å². The Morgan fingerprint density at radius 1 is 0.955 bits per heavy atom. The topological polar surface area (TPSA) is 95.9 Å². The molecule has 2 aromatic carbocycles. The number of amides is 1. The molecule has 0 bridgehead atoms. The van der Waals surface area contributed by atoms with E-state index in [1.807, 2.05) is 0 Å². The van der Waals surface area contributed by atoms with E-state index in [1.54, 1.807) is 24.3 Å². The van der Waals surface area contributed by atoms with Crippen molar-refractivity contribution in [3.63, 3.8) is 0 Å². The highest BCUT2D eigenvalue weighted by atomic mass is 16.5. The first kappa shape index (κ1) is 15.7. The van der Waals surface area contributed by atoms with Gasteiger partial charge in [-0.15, -0.1) is 0 Å². The van der Waals surface area contributed by atoms with Crippen molar-refractivity contribution in [2.75, 3.05) is 12.4 Å². The number of hydrogen-bond acceptors (Lipinski definition) is 5. The lowest BCUT2D eigenvalue weighted by atomic mass is 9.80. The maximum absolute atomic E-state index is 12.0. The Kier molecular flexibility index (Phi) is 4.93. The van der Waals surface area contributed by atoms with Crippen LogP contribution in [0, 0.1) is 0 Å². The lowest BCUT2D eigenvalue weighted by molar-refractivity contribution is 0.0600. The number of methoxy groups -OCH3 is 1. The van der Waals surface area contributed by atoms with Crippen LogP contribution in [0.5, 0.6) is 0 Å². The summed E-state index contributed by atoms with van der Waals surface area (Å²) >= 11 is 0. The summed E-state index contributed by atoms with van der Waals surface area (Å²) in [5.74, 6) is -0.791. The number of esters is 1. The Labute approximate surface area is 127 Å². The van der Waals surface area contributed by atoms with E-state index in [0.717, 1.165) is 0 Å². The van der Waals surface area contributed by atoms with Crippen molar-refractivity contribution in [1.82, 2.24) is 0 Å². The van der Waals surface area contributed by atoms with Gasteiger partial charge in [-0.3, -0.25) is 4.79 Å². The fourth-order valence-corrected chi connectivity index (χ4v) is 1.82. The molecule has 0 aliphatic heterocycles. The van der Waals surface area contributed by atoms with Gasteiger partial charge in [0, 0.05) is 11.3 Å². The molecule has 1 amide bonds. The number of carbonyl (C=O) groups excluding carboxylic acids is 2. The van der Waals surface area contributed by atoms with E-state index in [-0.39, 0.29) is 5.91 Å². The Balaban J connectivity index is 2.06. The fraction of sp³-hybridized carbons (Fsp3) is 0.0667. The van der Waals surface area contributed by atoms with Gasteiger partial charge in [-0.05, 0) is 41.9 Å². The van der Waals surface area contributed by atoms with Gasteiger partial charge in [-0.2, -0.15) is 0 Å². The van der Waals surface area contributed by atoms with Crippen LogP contribution in [0.2, 0.25) is 0 Å². The predicted molar refractivity (Wildman–Crippen MR) is 82.0 cm³/mol. The summed E-state index contributed by atoms with van der Waals surface area (Å²) in [5.41, 5.74) is 1.60. The van der Waals surface area contributed by atoms with Crippen molar-refractivity contribution in [1.29, 1.82) is 0 Å². The molecule has 112 valence electrons. The predicted octanol–water partition coefficient (Wildman–Crippen LogP) is 0.405. The Bertz CT molecular complexity index is 667. The van der Waals surface area contributed by atoms with E-state index in [1.165, 1.54) is 31.4 Å². The van der Waals surface area contributed by atoms with E-state index in [0.29, 0.717) is 22.3 Å². The highest BCUT2D eigenvalue weighted by molar-refractivity contribution is 6.58. The largest absolute Gasteiger partial charge is 0.488 e. The third kappa shape index (κ3) is 3.72. The molecule has 2 aromatic rings. The van der Waals surface area contributed by atoms with E-state index in [2.05, 4.69) is 10.1 Å². The molecule has 7 heteroatoms. The Hall–Kier alpha value is -2.64. The minimum atomic E-state index is -1.57. The molecule has 0 unspecified atom stereocenters. The van der Waals surface area contributed by atoms with Gasteiger partial charge in [-0.1, -0.05) is 12.1 Å². The SMILES string of the molecule is COC(=O)c1ccc(NC(=O)c2ccc(B(O)O)cc2)cc1. The number of benzene rings is 2. The number of rotatable bonds is 4. The molecular weight excluding hydrogens is 285 g/mol. The van der Waals surface area contributed by atoms with Crippen LogP contribution in [-0.4, -0.2) is 36.2 Å². The first-order chi connectivity index (χ1) is 10.5. The molecule has 0 spiro atoms. The number of ether oxygens (including phenoxy) is 1. The second-order valence-corrected chi connectivity index (χ2v) is 4.52. The van der Waals surface area contributed by atoms with Crippen molar-refractivity contribution in [3.05, 3.63) is 59.7 Å². The molecule has 0 atom stereocenters. The summed E-state index contributed by atoms with van der Waals surface area (Å²) in [7, 11) is -0.270. The van der Waals surface area contributed by atoms with Crippen LogP contribution in [0.15, 0.2) is 48.5 Å². The number of carbonyl (C=O) groups is 2. The second kappa shape index (κ2) is 6.88. The maximum atomic E-state index is 12.0. The van der Waals surface area contributed by atoms with Gasteiger partial charge in [0.15, 0.2) is 0 Å². The molecule has 0 aromatic heterocycles. The van der Waals surface area contributed by atoms with Gasteiger partial charge >= 0.3 is 13.1 Å². The molecular formula is C15H14BNO5. The first-order valence-electron chi connectivity index (χ1n) is 6.47. The summed E-state index contributed by atoms with van der Waals surface area (Å²) in [4.78, 5) is 23.3. The van der Waals surface area contributed by atoms with Gasteiger partial charge in [0.1, 0.15) is 0 Å². The quantitative estimate of drug-likeness (QED) is 0.561. The highest BCUT2D eigenvalue weighted by Gasteiger charge is 2.12. The zero-order chi connectivity index (χ0) is 16.1. The van der Waals surface area contributed by atoms with Crippen LogP contribution in [0.1, 0.15) is 20.7 Å². The number of hydrogen-bond donors (Lipinski definition) is 3. The second-order valence-electron chi connectivity index (χ2n) is 4.52. The summed E-state index contributed by atoms with van der Waals surface area (Å²) in [6, 6.07) is 12.2. The zero-order valence-electron chi connectivity index (χ0n) is 11.8. The van der Waals surface area contributed by atoms with Crippen LogP contribution in [0.3, 0.4) is 0 Å². The van der Waals surface area contributed by atoms with E-state index in [9.17, 15) is 9.59 Å². The van der Waals surface area contributed by atoms with Crippen LogP contribution in [0.25, 0.3) is 0 Å². The molecule has 0 heterocycles. The first-order valence-corrected chi connectivity index (χ1v) is 6.47. The highest BCUT2D eigenvalue weighted by Crippen LogP contribution is 2.12. The van der Waals surface area contributed by atoms with Crippen molar-refractivity contribution in [3.8, 4) is 0 Å². The van der Waals surface area contributed by atoms with Gasteiger partial charge in [0.05, 0.1) is 12.7 Å². The zero-order valence-corrected chi connectivity index (χ0v) is 11.8. The summed E-state index contributed by atoms with van der Waals surface area (Å²) in [5, 5.41) is 20.7. The minimum Gasteiger partial charge on any atom is -0.465 e. The van der Waals surface area contributed by atoms with Gasteiger partial charge in [0.2, 0.25) is 0 Å². The van der Waals surface area contributed by atoms with Crippen LogP contribution in [-0.2, 0) is 4.74 Å². The average Bonchev–Trinajstić information content (AvgIpc) is 2.54. The number of nitrogens with one attached hydrogen (secondary N) is 1. The molecule has 0 aliphatic rings. The lowest BCUT2D eigenvalue weighted by Crippen LogP contribution is -2.29. The lowest BCUT2D eigenvalue weighted by Gasteiger charge is -2.07. The maximum Gasteiger partial charge on any atom is 0.488 e. The molecule has 0 fully saturated rings. The molecule has 2 rings (SSSR count). The molecule has 0 aliphatic carbocycles. The summed E-state index contributed by atoms with van der Waals surface area (Å²) in [6.45, 7) is 0. The molecule has 0 saturated heterocycles. The Morgan fingerprint density at radius 3 is 2.00 bits per heavy atom. The normalized spacial score (nSPS) is 9.95. The van der Waals surface area contributed by atoms with Crippen LogP contribution < -0.4 is 10.8 Å². The molecule has 0 saturated carbocycles. The third-order valence-corrected chi connectivity index (χ3v) is 3.03. The smallest absolute Gasteiger partial charge is 0.465 e. The van der Waals surface area contributed by atoms with E-state index in [4.69, 9.17) is 10.0 Å². The van der Waals surface area contributed by atoms with Gasteiger partial charge < -0.3 is 20.1 Å². The van der Waals surface area contributed by atoms with Crippen molar-refractivity contribution in [2.45, 2.75) is 0 Å². The number of anilines is 1. The fourth-order valence-electron chi connectivity index (χ4n) is 1.82. The Morgan fingerprint density at radius 2 is 1.50 bits per heavy atom. The van der Waals surface area contributed by atoms with Gasteiger partial charge in [0.25, 0.3) is 5.91 Å². The van der Waals surface area contributed by atoms with Gasteiger partial charge in [-0.25, -0.2) is 4.79 Å². The molecule has 0 radical (unpaired) electrons. The molecule has 6 nitrogen and oxygen atoms in total. The monoisotopic (exact) mass is 299 g/mol. The minimum absolute atomic E-state index is 0.305. The molecule has 22 heavy (non-hydrogen) atoms. The van der Waals surface area contributed by atoms with Crippen molar-refractivity contribution >= 4 is 30.1 Å². The average molecular weight is 299 g/mol. The third-order valence-electron chi connectivity index (χ3n) is 3.03. The van der Waals surface area contributed by atoms with Crippen LogP contribution >= 0.6 is 0 Å². The molecule has 3 N–H and O–H groups in total.